The van der Waals surface area contributed by atoms with Crippen LogP contribution >= 0.6 is 0 Å². The van der Waals surface area contributed by atoms with E-state index >= 15 is 0 Å². The molecule has 0 saturated carbocycles. The Kier molecular flexibility index (Phi) is 12.5. The maximum absolute atomic E-state index is 13.0. The summed E-state index contributed by atoms with van der Waals surface area (Å²) in [6.45, 7) is 3.27. The van der Waals surface area contributed by atoms with Gasteiger partial charge in [0.15, 0.2) is 0 Å². The Hall–Kier alpha value is -5.41. The quantitative estimate of drug-likeness (QED) is 0.0619. The molecule has 16 heteroatoms. The minimum absolute atomic E-state index is 0.0640. The van der Waals surface area contributed by atoms with Crippen LogP contribution in [0, 0.1) is 16.0 Å². The SMILES string of the molecule is CC(C)[C@H](NC(=O)O)C(=O)N[C@@H](CCCNC(N)=O)C(=O)Nc1ccc(COC(=O)Oc2ccc([N+](=O)[O-])cc2)cc1. The maximum Gasteiger partial charge on any atom is 0.514 e. The van der Waals surface area contributed by atoms with E-state index < -0.39 is 53.0 Å². The van der Waals surface area contributed by atoms with E-state index in [1.165, 1.54) is 36.4 Å². The lowest BCUT2D eigenvalue weighted by Gasteiger charge is -2.24. The Morgan fingerprint density at radius 3 is 2.17 bits per heavy atom. The smallest absolute Gasteiger partial charge is 0.465 e. The number of hydrogen-bond acceptors (Lipinski definition) is 9. The number of urea groups is 1. The molecule has 0 heterocycles. The highest BCUT2D eigenvalue weighted by Gasteiger charge is 2.28. The minimum atomic E-state index is -1.39. The van der Waals surface area contributed by atoms with Gasteiger partial charge in [-0.3, -0.25) is 19.7 Å². The zero-order valence-electron chi connectivity index (χ0n) is 22.8. The van der Waals surface area contributed by atoms with Gasteiger partial charge in [0.25, 0.3) is 5.69 Å². The van der Waals surface area contributed by atoms with Gasteiger partial charge >= 0.3 is 18.3 Å². The van der Waals surface area contributed by atoms with Crippen molar-refractivity contribution in [3.05, 3.63) is 64.2 Å². The van der Waals surface area contributed by atoms with E-state index in [4.69, 9.17) is 20.3 Å². The van der Waals surface area contributed by atoms with Crippen molar-refractivity contribution in [3.63, 3.8) is 0 Å². The first kappa shape index (κ1) is 32.8. The minimum Gasteiger partial charge on any atom is -0.465 e. The molecule has 0 spiro atoms. The molecule has 16 nitrogen and oxygen atoms in total. The number of nitrogens with one attached hydrogen (secondary N) is 4. The number of non-ortho nitro benzene ring substituents is 1. The van der Waals surface area contributed by atoms with Gasteiger partial charge in [-0.25, -0.2) is 14.4 Å². The fraction of sp³-hybridized carbons (Fsp3) is 0.346. The molecule has 0 fully saturated rings. The van der Waals surface area contributed by atoms with Crippen molar-refractivity contribution in [2.75, 3.05) is 11.9 Å². The molecule has 0 bridgehead atoms. The van der Waals surface area contributed by atoms with E-state index in [1.807, 2.05) is 0 Å². The molecule has 0 aromatic heterocycles. The molecule has 0 radical (unpaired) electrons. The molecule has 5 amide bonds. The number of primary amides is 1. The Morgan fingerprint density at radius 2 is 1.62 bits per heavy atom. The number of nitro groups is 1. The highest BCUT2D eigenvalue weighted by atomic mass is 16.7. The molecule has 7 N–H and O–H groups in total. The number of carboxylic acid groups (broad SMARTS) is 1. The average Bonchev–Trinajstić information content (AvgIpc) is 2.92. The van der Waals surface area contributed by atoms with E-state index in [0.717, 1.165) is 0 Å². The number of nitrogens with zero attached hydrogens (tertiary/aromatic N) is 1. The number of anilines is 1. The zero-order valence-corrected chi connectivity index (χ0v) is 22.8. The van der Waals surface area contributed by atoms with Crippen molar-refractivity contribution in [3.8, 4) is 5.75 Å². The second-order valence-electron chi connectivity index (χ2n) is 9.24. The summed E-state index contributed by atoms with van der Waals surface area (Å²) in [5, 5.41) is 29.5. The summed E-state index contributed by atoms with van der Waals surface area (Å²) in [7, 11) is 0. The lowest BCUT2D eigenvalue weighted by molar-refractivity contribution is -0.384. The summed E-state index contributed by atoms with van der Waals surface area (Å²) in [5.41, 5.74) is 5.80. The third-order valence-electron chi connectivity index (χ3n) is 5.66. The van der Waals surface area contributed by atoms with Gasteiger partial charge in [-0.15, -0.1) is 0 Å². The maximum atomic E-state index is 13.0. The van der Waals surface area contributed by atoms with E-state index in [1.54, 1.807) is 26.0 Å². The standard InChI is InChI=1S/C26H32N6O10/c1-15(2)21(31-25(36)37)23(34)30-20(4-3-13-28-24(27)35)22(33)29-17-7-5-16(6-8-17)14-41-26(38)42-19-11-9-18(10-12-19)32(39)40/h5-12,15,20-21,31H,3-4,13-14H2,1-2H3,(H,29,33)(H,30,34)(H,36,37)(H3,27,28,35)/t20-,21-/m0/s1. The van der Waals surface area contributed by atoms with Gasteiger partial charge in [-0.05, 0) is 48.6 Å². The van der Waals surface area contributed by atoms with Gasteiger partial charge in [0.1, 0.15) is 24.4 Å². The fourth-order valence-corrected chi connectivity index (χ4v) is 3.53. The molecule has 2 atom stereocenters. The van der Waals surface area contributed by atoms with Gasteiger partial charge in [-0.1, -0.05) is 26.0 Å². The van der Waals surface area contributed by atoms with E-state index in [-0.39, 0.29) is 37.4 Å². The molecule has 2 aromatic carbocycles. The summed E-state index contributed by atoms with van der Waals surface area (Å²) in [6.07, 6.45) is -2.02. The van der Waals surface area contributed by atoms with Crippen molar-refractivity contribution < 1.29 is 43.5 Å². The highest BCUT2D eigenvalue weighted by Crippen LogP contribution is 2.18. The molecule has 2 aromatic rings. The van der Waals surface area contributed by atoms with Crippen LogP contribution in [-0.2, 0) is 20.9 Å². The monoisotopic (exact) mass is 588 g/mol. The van der Waals surface area contributed by atoms with Crippen LogP contribution in [0.4, 0.5) is 25.8 Å². The summed E-state index contributed by atoms with van der Waals surface area (Å²) in [4.78, 5) is 69.9. The molecule has 2 rings (SSSR count). The van der Waals surface area contributed by atoms with Crippen LogP contribution in [-0.4, -0.2) is 58.8 Å². The highest BCUT2D eigenvalue weighted by molar-refractivity contribution is 5.98. The Bertz CT molecular complexity index is 1270. The lowest BCUT2D eigenvalue weighted by Crippen LogP contribution is -2.54. The number of hydrogen-bond donors (Lipinski definition) is 6. The van der Waals surface area contributed by atoms with Crippen LogP contribution in [0.1, 0.15) is 32.3 Å². The Balaban J connectivity index is 1.97. The average molecular weight is 589 g/mol. The summed E-state index contributed by atoms with van der Waals surface area (Å²) in [5.74, 6) is -1.61. The zero-order chi connectivity index (χ0) is 31.2. The third kappa shape index (κ3) is 11.4. The first-order valence-electron chi connectivity index (χ1n) is 12.7. The number of ether oxygens (including phenoxy) is 2. The second-order valence-corrected chi connectivity index (χ2v) is 9.24. The number of nitro benzene ring substituents is 1. The first-order chi connectivity index (χ1) is 19.8. The van der Waals surface area contributed by atoms with E-state index in [0.29, 0.717) is 11.3 Å². The second kappa shape index (κ2) is 16.0. The summed E-state index contributed by atoms with van der Waals surface area (Å²) in [6, 6.07) is 8.18. The van der Waals surface area contributed by atoms with Crippen molar-refractivity contribution in [2.45, 2.75) is 45.4 Å². The number of nitrogens with two attached hydrogens (primary N) is 1. The van der Waals surface area contributed by atoms with E-state index in [2.05, 4.69) is 21.3 Å². The first-order valence-corrected chi connectivity index (χ1v) is 12.7. The number of amides is 5. The van der Waals surface area contributed by atoms with E-state index in [9.17, 15) is 34.1 Å². The van der Waals surface area contributed by atoms with Crippen molar-refractivity contribution in [1.29, 1.82) is 0 Å². The van der Waals surface area contributed by atoms with Crippen LogP contribution in [0.3, 0.4) is 0 Å². The van der Waals surface area contributed by atoms with Crippen LogP contribution in [0.5, 0.6) is 5.75 Å². The number of carbonyl (C=O) groups is 5. The number of carbonyl (C=O) groups excluding carboxylic acids is 4. The third-order valence-corrected chi connectivity index (χ3v) is 5.66. The molecular formula is C26H32N6O10. The molecule has 0 aliphatic heterocycles. The number of rotatable bonds is 14. The lowest BCUT2D eigenvalue weighted by atomic mass is 10.0. The summed E-state index contributed by atoms with van der Waals surface area (Å²) >= 11 is 0. The molecular weight excluding hydrogens is 556 g/mol. The predicted molar refractivity (Wildman–Crippen MR) is 148 cm³/mol. The van der Waals surface area contributed by atoms with Crippen molar-refractivity contribution in [1.82, 2.24) is 16.0 Å². The van der Waals surface area contributed by atoms with Crippen LogP contribution in [0.2, 0.25) is 0 Å². The predicted octanol–water partition coefficient (Wildman–Crippen LogP) is 2.47. The molecule has 0 aliphatic rings. The van der Waals surface area contributed by atoms with Gasteiger partial charge in [0.05, 0.1) is 4.92 Å². The fourth-order valence-electron chi connectivity index (χ4n) is 3.53. The number of benzene rings is 2. The van der Waals surface area contributed by atoms with Gasteiger partial charge in [-0.2, -0.15) is 0 Å². The molecule has 226 valence electrons. The van der Waals surface area contributed by atoms with Gasteiger partial charge < -0.3 is 41.6 Å². The van der Waals surface area contributed by atoms with Gasteiger partial charge in [0.2, 0.25) is 11.8 Å². The summed E-state index contributed by atoms with van der Waals surface area (Å²) < 4.78 is 10.0. The van der Waals surface area contributed by atoms with Crippen LogP contribution < -0.4 is 31.7 Å². The van der Waals surface area contributed by atoms with Crippen LogP contribution in [0.15, 0.2) is 48.5 Å². The molecule has 0 aliphatic carbocycles. The van der Waals surface area contributed by atoms with Crippen molar-refractivity contribution in [2.24, 2.45) is 11.7 Å². The molecule has 42 heavy (non-hydrogen) atoms. The Labute approximate surface area is 240 Å². The largest absolute Gasteiger partial charge is 0.514 e. The normalized spacial score (nSPS) is 11.9. The molecule has 0 saturated heterocycles. The van der Waals surface area contributed by atoms with Crippen molar-refractivity contribution >= 4 is 41.5 Å². The van der Waals surface area contributed by atoms with Crippen LogP contribution in [0.25, 0.3) is 0 Å². The topological polar surface area (TPSA) is 241 Å². The molecule has 0 unspecified atom stereocenters. The van der Waals surface area contributed by atoms with Gasteiger partial charge in [0, 0.05) is 24.4 Å². The Morgan fingerprint density at radius 1 is 0.976 bits per heavy atom.